The summed E-state index contributed by atoms with van der Waals surface area (Å²) in [5.41, 5.74) is 0.905. The van der Waals surface area contributed by atoms with Crippen LogP contribution in [-0.2, 0) is 4.79 Å². The lowest BCUT2D eigenvalue weighted by Crippen LogP contribution is -2.29. The third-order valence-electron chi connectivity index (χ3n) is 3.04. The number of amides is 1. The van der Waals surface area contributed by atoms with Crippen LogP contribution in [0.2, 0.25) is 0 Å². The number of para-hydroxylation sites is 1. The van der Waals surface area contributed by atoms with Gasteiger partial charge in [-0.1, -0.05) is 12.1 Å². The van der Waals surface area contributed by atoms with Gasteiger partial charge in [-0.15, -0.1) is 11.3 Å². The fourth-order valence-electron chi connectivity index (χ4n) is 1.97. The van der Waals surface area contributed by atoms with Gasteiger partial charge in [0.25, 0.3) is 0 Å². The molecule has 1 heterocycles. The molecule has 8 heteroatoms. The quantitative estimate of drug-likeness (QED) is 0.690. The number of benzene rings is 2. The molecule has 0 saturated heterocycles. The number of anilines is 1. The van der Waals surface area contributed by atoms with E-state index in [1.54, 1.807) is 11.4 Å². The molecule has 0 aliphatic heterocycles. The Bertz CT molecular complexity index is 857. The van der Waals surface area contributed by atoms with E-state index >= 15 is 0 Å². The number of carbonyl (C=O) groups is 1. The van der Waals surface area contributed by atoms with Crippen LogP contribution >= 0.6 is 11.3 Å². The Morgan fingerprint density at radius 2 is 1.91 bits per heavy atom. The van der Waals surface area contributed by atoms with E-state index < -0.39 is 12.1 Å². The highest BCUT2D eigenvalue weighted by Crippen LogP contribution is 2.36. The summed E-state index contributed by atoms with van der Waals surface area (Å²) in [7, 11) is 0. The van der Waals surface area contributed by atoms with E-state index in [0.29, 0.717) is 5.01 Å². The van der Waals surface area contributed by atoms with E-state index in [1.165, 1.54) is 29.5 Å². The first kappa shape index (κ1) is 15.3. The topological polar surface area (TPSA) is 62.2 Å². The maximum absolute atomic E-state index is 12.3. The van der Waals surface area contributed by atoms with Gasteiger partial charge in [0.15, 0.2) is 0 Å². The number of fused-ring (bicyclic) bond motifs is 1. The summed E-state index contributed by atoms with van der Waals surface area (Å²) < 4.78 is 37.8. The van der Waals surface area contributed by atoms with E-state index in [1.807, 2.05) is 18.2 Å². The predicted octanol–water partition coefficient (Wildman–Crippen LogP) is 4.17. The number of halogens is 3. The average molecular weight is 338 g/mol. The SMILES string of the molecule is O=C(Nc1ccc(O)c(-c2nc3ccccc3s2)c1)C(F)(F)F. The van der Waals surface area contributed by atoms with E-state index in [2.05, 4.69) is 4.98 Å². The molecule has 0 spiro atoms. The number of hydrogen-bond acceptors (Lipinski definition) is 4. The lowest BCUT2D eigenvalue weighted by Gasteiger charge is -2.09. The molecule has 0 saturated carbocycles. The minimum Gasteiger partial charge on any atom is -0.507 e. The number of alkyl halides is 3. The van der Waals surface area contributed by atoms with Gasteiger partial charge in [-0.25, -0.2) is 4.98 Å². The Kier molecular flexibility index (Phi) is 3.69. The van der Waals surface area contributed by atoms with Crippen LogP contribution < -0.4 is 5.32 Å². The second kappa shape index (κ2) is 5.54. The highest BCUT2D eigenvalue weighted by molar-refractivity contribution is 7.21. The molecular formula is C15H9F3N2O2S. The first-order valence-electron chi connectivity index (χ1n) is 6.42. The number of carbonyl (C=O) groups excluding carboxylic acids is 1. The number of hydrogen-bond donors (Lipinski definition) is 2. The Hall–Kier alpha value is -2.61. The summed E-state index contributed by atoms with van der Waals surface area (Å²) >= 11 is 1.29. The highest BCUT2D eigenvalue weighted by Gasteiger charge is 2.38. The molecule has 3 aromatic rings. The molecule has 4 nitrogen and oxygen atoms in total. The van der Waals surface area contributed by atoms with Gasteiger partial charge in [0, 0.05) is 5.69 Å². The maximum Gasteiger partial charge on any atom is 0.471 e. The molecule has 0 atom stereocenters. The van der Waals surface area contributed by atoms with Crippen molar-refractivity contribution in [3.63, 3.8) is 0 Å². The van der Waals surface area contributed by atoms with Crippen molar-refractivity contribution in [2.75, 3.05) is 5.32 Å². The van der Waals surface area contributed by atoms with Crippen molar-refractivity contribution in [2.45, 2.75) is 6.18 Å². The van der Waals surface area contributed by atoms with Crippen molar-refractivity contribution in [2.24, 2.45) is 0 Å². The molecule has 1 aromatic heterocycles. The molecule has 23 heavy (non-hydrogen) atoms. The number of aromatic hydroxyl groups is 1. The van der Waals surface area contributed by atoms with Crippen LogP contribution in [0.15, 0.2) is 42.5 Å². The first-order valence-corrected chi connectivity index (χ1v) is 7.23. The van der Waals surface area contributed by atoms with E-state index in [4.69, 9.17) is 0 Å². The number of nitrogens with zero attached hydrogens (tertiary/aromatic N) is 1. The van der Waals surface area contributed by atoms with Crippen molar-refractivity contribution in [1.29, 1.82) is 0 Å². The molecule has 0 bridgehead atoms. The normalized spacial score (nSPS) is 11.6. The maximum atomic E-state index is 12.3. The van der Waals surface area contributed by atoms with Gasteiger partial charge in [0.05, 0.1) is 15.8 Å². The number of thiazole rings is 1. The molecule has 0 unspecified atom stereocenters. The molecule has 0 aliphatic carbocycles. The third kappa shape index (κ3) is 3.11. The number of phenolic OH excluding ortho intramolecular Hbond substituents is 1. The number of phenols is 1. The zero-order valence-electron chi connectivity index (χ0n) is 11.4. The lowest BCUT2D eigenvalue weighted by molar-refractivity contribution is -0.167. The molecule has 2 aromatic carbocycles. The van der Waals surface area contributed by atoms with Crippen LogP contribution in [0.25, 0.3) is 20.8 Å². The van der Waals surface area contributed by atoms with Crippen LogP contribution in [0, 0.1) is 0 Å². The summed E-state index contributed by atoms with van der Waals surface area (Å²) in [5, 5.41) is 12.1. The Balaban J connectivity index is 1.99. The van der Waals surface area contributed by atoms with Crippen molar-refractivity contribution in [3.8, 4) is 16.3 Å². The first-order chi connectivity index (χ1) is 10.8. The van der Waals surface area contributed by atoms with Crippen LogP contribution in [0.4, 0.5) is 18.9 Å². The van der Waals surface area contributed by atoms with Crippen molar-refractivity contribution in [3.05, 3.63) is 42.5 Å². The van der Waals surface area contributed by atoms with Crippen LogP contribution in [0.5, 0.6) is 5.75 Å². The fourth-order valence-corrected chi connectivity index (χ4v) is 2.97. The van der Waals surface area contributed by atoms with Gasteiger partial charge in [0.1, 0.15) is 10.8 Å². The Morgan fingerprint density at radius 3 is 2.61 bits per heavy atom. The third-order valence-corrected chi connectivity index (χ3v) is 4.11. The van der Waals surface area contributed by atoms with Gasteiger partial charge < -0.3 is 10.4 Å². The van der Waals surface area contributed by atoms with E-state index in [0.717, 1.165) is 10.2 Å². The van der Waals surface area contributed by atoms with Crippen molar-refractivity contribution >= 4 is 33.1 Å². The molecule has 2 N–H and O–H groups in total. The molecule has 118 valence electrons. The second-order valence-corrected chi connectivity index (χ2v) is 5.70. The summed E-state index contributed by atoms with van der Waals surface area (Å²) in [5.74, 6) is -2.20. The minimum absolute atomic E-state index is 0.0700. The second-order valence-electron chi connectivity index (χ2n) is 4.67. The Labute approximate surface area is 132 Å². The molecule has 0 fully saturated rings. The van der Waals surface area contributed by atoms with E-state index in [-0.39, 0.29) is 17.0 Å². The summed E-state index contributed by atoms with van der Waals surface area (Å²) in [6, 6.07) is 11.0. The van der Waals surface area contributed by atoms with Crippen molar-refractivity contribution in [1.82, 2.24) is 4.98 Å². The molecule has 1 amide bonds. The zero-order chi connectivity index (χ0) is 16.6. The van der Waals surface area contributed by atoms with E-state index in [9.17, 15) is 23.1 Å². The van der Waals surface area contributed by atoms with Gasteiger partial charge in [-0.05, 0) is 30.3 Å². The monoisotopic (exact) mass is 338 g/mol. The molecule has 3 rings (SSSR count). The van der Waals surface area contributed by atoms with Gasteiger partial charge >= 0.3 is 12.1 Å². The van der Waals surface area contributed by atoms with Crippen LogP contribution in [0.1, 0.15) is 0 Å². The molecular weight excluding hydrogens is 329 g/mol. The zero-order valence-corrected chi connectivity index (χ0v) is 12.2. The minimum atomic E-state index is -4.98. The number of aromatic nitrogens is 1. The predicted molar refractivity (Wildman–Crippen MR) is 81.4 cm³/mol. The van der Waals surface area contributed by atoms with Gasteiger partial charge in [-0.2, -0.15) is 13.2 Å². The summed E-state index contributed by atoms with van der Waals surface area (Å²) in [4.78, 5) is 15.3. The summed E-state index contributed by atoms with van der Waals surface area (Å²) in [6.45, 7) is 0. The summed E-state index contributed by atoms with van der Waals surface area (Å²) in [6.07, 6.45) is -4.98. The van der Waals surface area contributed by atoms with Crippen molar-refractivity contribution < 1.29 is 23.1 Å². The van der Waals surface area contributed by atoms with Crippen LogP contribution in [0.3, 0.4) is 0 Å². The van der Waals surface area contributed by atoms with Gasteiger partial charge in [-0.3, -0.25) is 4.79 Å². The standard InChI is InChI=1S/C15H9F3N2O2S/c16-15(17,18)14(22)19-8-5-6-11(21)9(7-8)13-20-10-3-1-2-4-12(10)23-13/h1-7,21H,(H,19,22). The largest absolute Gasteiger partial charge is 0.507 e. The fraction of sp³-hybridized carbons (Fsp3) is 0.0667. The average Bonchev–Trinajstić information content (AvgIpc) is 2.91. The number of nitrogens with one attached hydrogen (secondary N) is 1. The Morgan fingerprint density at radius 1 is 1.17 bits per heavy atom. The smallest absolute Gasteiger partial charge is 0.471 e. The van der Waals surface area contributed by atoms with Crippen LogP contribution in [-0.4, -0.2) is 22.2 Å². The molecule has 0 radical (unpaired) electrons. The highest BCUT2D eigenvalue weighted by atomic mass is 32.1. The van der Waals surface area contributed by atoms with Gasteiger partial charge in [0.2, 0.25) is 0 Å². The lowest BCUT2D eigenvalue weighted by atomic mass is 10.2. The molecule has 0 aliphatic rings. The number of rotatable bonds is 2.